The molecule has 0 N–H and O–H groups in total. The Balaban J connectivity index is 2.07. The second-order valence-electron chi connectivity index (χ2n) is 7.90. The minimum atomic E-state index is 0.226. The molecule has 3 nitrogen and oxygen atoms in total. The van der Waals surface area contributed by atoms with E-state index in [1.807, 2.05) is 0 Å². The highest BCUT2D eigenvalue weighted by Gasteiger charge is 2.20. The van der Waals surface area contributed by atoms with Crippen LogP contribution >= 0.6 is 0 Å². The molecule has 1 atom stereocenters. The first-order chi connectivity index (χ1) is 13.7. The average Bonchev–Trinajstić information content (AvgIpc) is 2.74. The third-order valence-corrected chi connectivity index (χ3v) is 5.67. The maximum Gasteiger partial charge on any atom is 0.236 e. The number of aromatic nitrogens is 2. The van der Waals surface area contributed by atoms with Crippen LogP contribution in [0.5, 0.6) is 5.88 Å². The third kappa shape index (κ3) is 4.63. The van der Waals surface area contributed by atoms with Gasteiger partial charge < -0.3 is 4.74 Å². The summed E-state index contributed by atoms with van der Waals surface area (Å²) in [6.07, 6.45) is 8.20. The molecule has 0 saturated heterocycles. The fraction of sp³-hybridized carbons (Fsp3) is 0.520. The van der Waals surface area contributed by atoms with Crippen molar-refractivity contribution in [1.29, 1.82) is 0 Å². The van der Waals surface area contributed by atoms with E-state index in [0.717, 1.165) is 47.3 Å². The van der Waals surface area contributed by atoms with E-state index in [1.54, 1.807) is 0 Å². The van der Waals surface area contributed by atoms with Gasteiger partial charge in [0.2, 0.25) is 5.88 Å². The van der Waals surface area contributed by atoms with Crippen molar-refractivity contribution in [2.75, 3.05) is 0 Å². The molecular weight excluding hydrogens is 344 g/mol. The molecule has 0 saturated carbocycles. The molecule has 1 heterocycles. The molecule has 0 fully saturated rings. The van der Waals surface area contributed by atoms with E-state index in [0.29, 0.717) is 5.92 Å². The van der Waals surface area contributed by atoms with Crippen LogP contribution in [0.3, 0.4) is 0 Å². The van der Waals surface area contributed by atoms with Crippen LogP contribution in [0.15, 0.2) is 36.4 Å². The molecule has 0 aliphatic heterocycles. The Kier molecular flexibility index (Phi) is 7.24. The smallest absolute Gasteiger partial charge is 0.236 e. The Morgan fingerprint density at radius 1 is 0.893 bits per heavy atom. The van der Waals surface area contributed by atoms with E-state index in [1.165, 1.54) is 31.1 Å². The van der Waals surface area contributed by atoms with Crippen LogP contribution in [0.1, 0.15) is 84.3 Å². The van der Waals surface area contributed by atoms with Gasteiger partial charge >= 0.3 is 0 Å². The number of benzene rings is 2. The molecule has 1 aromatic heterocycles. The number of hydrogen-bond acceptors (Lipinski definition) is 3. The van der Waals surface area contributed by atoms with Crippen LogP contribution in [-0.2, 0) is 0 Å². The van der Waals surface area contributed by atoms with Gasteiger partial charge in [-0.1, -0.05) is 83.7 Å². The summed E-state index contributed by atoms with van der Waals surface area (Å²) >= 11 is 0. The summed E-state index contributed by atoms with van der Waals surface area (Å²) in [7, 11) is 0. The summed E-state index contributed by atoms with van der Waals surface area (Å²) in [5.41, 5.74) is 2.91. The lowest BCUT2D eigenvalue weighted by atomic mass is 10.0. The van der Waals surface area contributed by atoms with Gasteiger partial charge in [0, 0.05) is 11.3 Å². The molecule has 150 valence electrons. The second-order valence-corrected chi connectivity index (χ2v) is 7.90. The largest absolute Gasteiger partial charge is 0.473 e. The summed E-state index contributed by atoms with van der Waals surface area (Å²) in [6, 6.07) is 12.6. The molecule has 0 bridgehead atoms. The lowest BCUT2D eigenvalue weighted by molar-refractivity contribution is 0.164. The molecule has 28 heavy (non-hydrogen) atoms. The van der Waals surface area contributed by atoms with Crippen molar-refractivity contribution in [1.82, 2.24) is 9.97 Å². The highest BCUT2D eigenvalue weighted by molar-refractivity contribution is 6.03. The van der Waals surface area contributed by atoms with Gasteiger partial charge in [-0.05, 0) is 30.7 Å². The van der Waals surface area contributed by atoms with E-state index in [-0.39, 0.29) is 6.10 Å². The van der Waals surface area contributed by atoms with Gasteiger partial charge in [-0.2, -0.15) is 0 Å². The van der Waals surface area contributed by atoms with Gasteiger partial charge in [0.05, 0.1) is 5.52 Å². The van der Waals surface area contributed by atoms with Crippen molar-refractivity contribution in [2.24, 2.45) is 0 Å². The summed E-state index contributed by atoms with van der Waals surface area (Å²) in [4.78, 5) is 10.1. The van der Waals surface area contributed by atoms with E-state index in [9.17, 15) is 0 Å². The third-order valence-electron chi connectivity index (χ3n) is 5.67. The predicted molar refractivity (Wildman–Crippen MR) is 119 cm³/mol. The van der Waals surface area contributed by atoms with Crippen molar-refractivity contribution in [3.63, 3.8) is 0 Å². The predicted octanol–water partition coefficient (Wildman–Crippen LogP) is 7.42. The van der Waals surface area contributed by atoms with Gasteiger partial charge in [-0.25, -0.2) is 9.97 Å². The van der Waals surface area contributed by atoms with Gasteiger partial charge in [0.1, 0.15) is 17.3 Å². The first kappa shape index (κ1) is 20.6. The molecule has 3 heteroatoms. The normalized spacial score (nSPS) is 12.8. The maximum absolute atomic E-state index is 6.56. The fourth-order valence-corrected chi connectivity index (χ4v) is 3.67. The van der Waals surface area contributed by atoms with E-state index in [2.05, 4.69) is 64.1 Å². The molecule has 0 spiro atoms. The summed E-state index contributed by atoms with van der Waals surface area (Å²) in [6.45, 7) is 8.90. The molecule has 0 aliphatic rings. The Morgan fingerprint density at radius 2 is 1.61 bits per heavy atom. The molecule has 2 aromatic carbocycles. The summed E-state index contributed by atoms with van der Waals surface area (Å²) in [5, 5.41) is 2.34. The number of fused-ring (bicyclic) bond motifs is 3. The Labute approximate surface area is 169 Å². The van der Waals surface area contributed by atoms with Crippen molar-refractivity contribution >= 4 is 21.8 Å². The standard InChI is InChI=1S/C25H34N2O/c1-5-8-13-20(14-9-6-2)28-25-23(18(4)7-3)26-22-17-16-19-12-10-11-15-21(19)24(22)27-25/h10-12,15-18,20H,5-9,13-14H2,1-4H3. The minimum Gasteiger partial charge on any atom is -0.473 e. The van der Waals surface area contributed by atoms with E-state index >= 15 is 0 Å². The van der Waals surface area contributed by atoms with Crippen molar-refractivity contribution in [3.8, 4) is 5.88 Å². The maximum atomic E-state index is 6.56. The number of unbranched alkanes of at least 4 members (excludes halogenated alkanes) is 2. The van der Waals surface area contributed by atoms with Crippen LogP contribution in [0.25, 0.3) is 21.8 Å². The van der Waals surface area contributed by atoms with Crippen LogP contribution in [-0.4, -0.2) is 16.1 Å². The number of hydrogen-bond donors (Lipinski definition) is 0. The highest BCUT2D eigenvalue weighted by atomic mass is 16.5. The average molecular weight is 379 g/mol. The highest BCUT2D eigenvalue weighted by Crippen LogP contribution is 2.32. The molecule has 0 radical (unpaired) electrons. The lowest BCUT2D eigenvalue weighted by Gasteiger charge is -2.22. The summed E-state index contributed by atoms with van der Waals surface area (Å²) < 4.78 is 6.56. The van der Waals surface area contributed by atoms with Crippen LogP contribution in [0.2, 0.25) is 0 Å². The Hall–Kier alpha value is -2.16. The molecule has 0 aliphatic carbocycles. The quantitative estimate of drug-likeness (QED) is 0.344. The molecule has 0 amide bonds. The van der Waals surface area contributed by atoms with Gasteiger partial charge in [-0.3, -0.25) is 0 Å². The summed E-state index contributed by atoms with van der Waals surface area (Å²) in [5.74, 6) is 1.08. The van der Waals surface area contributed by atoms with E-state index in [4.69, 9.17) is 14.7 Å². The van der Waals surface area contributed by atoms with Crippen molar-refractivity contribution < 1.29 is 4.74 Å². The first-order valence-corrected chi connectivity index (χ1v) is 11.0. The minimum absolute atomic E-state index is 0.226. The Morgan fingerprint density at radius 3 is 2.29 bits per heavy atom. The van der Waals surface area contributed by atoms with Crippen molar-refractivity contribution in [3.05, 3.63) is 42.1 Å². The molecule has 1 unspecified atom stereocenters. The van der Waals surface area contributed by atoms with Gasteiger partial charge in [0.15, 0.2) is 0 Å². The SMILES string of the molecule is CCCCC(CCCC)Oc1nc2c(ccc3ccccc32)nc1C(C)CC. The Bertz CT molecular complexity index is 898. The topological polar surface area (TPSA) is 35.0 Å². The first-order valence-electron chi connectivity index (χ1n) is 11.0. The van der Waals surface area contributed by atoms with Crippen LogP contribution < -0.4 is 4.74 Å². The fourth-order valence-electron chi connectivity index (χ4n) is 3.67. The number of rotatable bonds is 10. The van der Waals surface area contributed by atoms with Crippen LogP contribution in [0, 0.1) is 0 Å². The second kappa shape index (κ2) is 9.86. The number of ether oxygens (including phenoxy) is 1. The van der Waals surface area contributed by atoms with Gasteiger partial charge in [0.25, 0.3) is 0 Å². The van der Waals surface area contributed by atoms with Gasteiger partial charge in [-0.15, -0.1) is 0 Å². The zero-order valence-corrected chi connectivity index (χ0v) is 17.9. The monoisotopic (exact) mass is 378 g/mol. The van der Waals surface area contributed by atoms with E-state index < -0.39 is 0 Å². The molecule has 3 aromatic rings. The van der Waals surface area contributed by atoms with Crippen LogP contribution in [0.4, 0.5) is 0 Å². The number of nitrogens with zero attached hydrogens (tertiary/aromatic N) is 2. The molecular formula is C25H34N2O. The molecule has 3 rings (SSSR count). The lowest BCUT2D eigenvalue weighted by Crippen LogP contribution is -2.19. The zero-order chi connectivity index (χ0) is 19.9. The van der Waals surface area contributed by atoms with Crippen molar-refractivity contribution in [2.45, 2.75) is 84.7 Å². The zero-order valence-electron chi connectivity index (χ0n) is 17.9.